The SMILES string of the molecule is Cc1cc(C)c(N2CCN(C(=O)c3ccc([C@]4(C)NC(=O)NC4=O)cc3F)CC2)nc1C. The van der Waals surface area contributed by atoms with E-state index in [0.29, 0.717) is 26.2 Å². The van der Waals surface area contributed by atoms with Crippen LogP contribution in [0, 0.1) is 26.6 Å². The summed E-state index contributed by atoms with van der Waals surface area (Å²) >= 11 is 0. The lowest BCUT2D eigenvalue weighted by molar-refractivity contribution is -0.123. The number of nitrogens with one attached hydrogen (secondary N) is 2. The average Bonchev–Trinajstić information content (AvgIpc) is 3.02. The lowest BCUT2D eigenvalue weighted by Gasteiger charge is -2.36. The Morgan fingerprint density at radius 3 is 2.34 bits per heavy atom. The van der Waals surface area contributed by atoms with Gasteiger partial charge in [0.05, 0.1) is 5.56 Å². The molecule has 32 heavy (non-hydrogen) atoms. The summed E-state index contributed by atoms with van der Waals surface area (Å²) < 4.78 is 14.9. The number of piperazine rings is 1. The number of hydrogen-bond acceptors (Lipinski definition) is 5. The van der Waals surface area contributed by atoms with Crippen molar-refractivity contribution in [2.45, 2.75) is 33.2 Å². The number of carbonyl (C=O) groups excluding carboxylic acids is 3. The van der Waals surface area contributed by atoms with E-state index in [-0.39, 0.29) is 11.1 Å². The maximum absolute atomic E-state index is 14.9. The normalized spacial score (nSPS) is 20.9. The summed E-state index contributed by atoms with van der Waals surface area (Å²) in [7, 11) is 0. The fourth-order valence-corrected chi connectivity index (χ4v) is 4.19. The molecule has 2 aromatic rings. The van der Waals surface area contributed by atoms with Crippen molar-refractivity contribution in [2.24, 2.45) is 0 Å². The summed E-state index contributed by atoms with van der Waals surface area (Å²) in [6.45, 7) is 9.63. The molecule has 2 N–H and O–H groups in total. The van der Waals surface area contributed by atoms with Crippen LogP contribution in [0.1, 0.15) is 39.7 Å². The van der Waals surface area contributed by atoms with Crippen molar-refractivity contribution in [1.82, 2.24) is 20.5 Å². The van der Waals surface area contributed by atoms with Crippen molar-refractivity contribution in [3.05, 3.63) is 58.0 Å². The highest BCUT2D eigenvalue weighted by Crippen LogP contribution is 2.27. The second-order valence-electron chi connectivity index (χ2n) is 8.54. The number of halogens is 1. The molecule has 3 heterocycles. The van der Waals surface area contributed by atoms with Crippen LogP contribution in [0.4, 0.5) is 15.0 Å². The molecule has 0 spiro atoms. The number of aryl methyl sites for hydroxylation is 3. The molecule has 0 aliphatic carbocycles. The number of carbonyl (C=O) groups is 3. The number of urea groups is 1. The number of anilines is 1. The van der Waals surface area contributed by atoms with Gasteiger partial charge in [-0.2, -0.15) is 0 Å². The van der Waals surface area contributed by atoms with Gasteiger partial charge in [-0.1, -0.05) is 12.1 Å². The summed E-state index contributed by atoms with van der Waals surface area (Å²) in [6, 6.07) is 5.48. The van der Waals surface area contributed by atoms with Gasteiger partial charge in [-0.25, -0.2) is 14.2 Å². The molecule has 0 saturated carbocycles. The van der Waals surface area contributed by atoms with Gasteiger partial charge in [0.15, 0.2) is 0 Å². The van der Waals surface area contributed by atoms with Gasteiger partial charge < -0.3 is 15.1 Å². The molecule has 8 nitrogen and oxygen atoms in total. The van der Waals surface area contributed by atoms with Gasteiger partial charge in [-0.05, 0) is 56.5 Å². The molecule has 0 radical (unpaired) electrons. The zero-order valence-electron chi connectivity index (χ0n) is 18.6. The van der Waals surface area contributed by atoms with Gasteiger partial charge in [0.2, 0.25) is 0 Å². The first kappa shape index (κ1) is 21.7. The molecule has 1 atom stereocenters. The van der Waals surface area contributed by atoms with Crippen molar-refractivity contribution in [1.29, 1.82) is 0 Å². The Hall–Kier alpha value is -3.49. The van der Waals surface area contributed by atoms with Crippen LogP contribution in [-0.4, -0.2) is 53.9 Å². The quantitative estimate of drug-likeness (QED) is 0.715. The summed E-state index contributed by atoms with van der Waals surface area (Å²) in [4.78, 5) is 45.0. The molecule has 4 rings (SSSR count). The maximum atomic E-state index is 14.9. The number of aromatic nitrogens is 1. The van der Waals surface area contributed by atoms with E-state index in [2.05, 4.69) is 21.6 Å². The first-order valence-electron chi connectivity index (χ1n) is 10.5. The maximum Gasteiger partial charge on any atom is 0.322 e. The van der Waals surface area contributed by atoms with E-state index in [9.17, 15) is 18.8 Å². The van der Waals surface area contributed by atoms with Crippen LogP contribution in [0.25, 0.3) is 0 Å². The van der Waals surface area contributed by atoms with E-state index >= 15 is 0 Å². The van der Waals surface area contributed by atoms with Gasteiger partial charge in [-0.3, -0.25) is 14.9 Å². The van der Waals surface area contributed by atoms with Crippen LogP contribution < -0.4 is 15.5 Å². The third-order valence-corrected chi connectivity index (χ3v) is 6.32. The minimum atomic E-state index is -1.37. The molecule has 2 saturated heterocycles. The van der Waals surface area contributed by atoms with E-state index in [0.717, 1.165) is 28.7 Å². The first-order chi connectivity index (χ1) is 15.1. The molecular formula is C23H26FN5O3. The predicted octanol–water partition coefficient (Wildman–Crippen LogP) is 2.16. The lowest BCUT2D eigenvalue weighted by atomic mass is 9.91. The lowest BCUT2D eigenvalue weighted by Crippen LogP contribution is -2.49. The van der Waals surface area contributed by atoms with Crippen LogP contribution in [0.5, 0.6) is 0 Å². The highest BCUT2D eigenvalue weighted by atomic mass is 19.1. The number of rotatable bonds is 3. The van der Waals surface area contributed by atoms with Crippen molar-refractivity contribution in [3.8, 4) is 0 Å². The molecule has 168 valence electrons. The first-order valence-corrected chi connectivity index (χ1v) is 10.5. The highest BCUT2D eigenvalue weighted by molar-refractivity contribution is 6.07. The van der Waals surface area contributed by atoms with E-state index in [4.69, 9.17) is 4.98 Å². The minimum Gasteiger partial charge on any atom is -0.353 e. The number of nitrogens with zero attached hydrogens (tertiary/aromatic N) is 3. The molecule has 1 aromatic carbocycles. The zero-order chi connectivity index (χ0) is 23.2. The number of pyridine rings is 1. The monoisotopic (exact) mass is 439 g/mol. The van der Waals surface area contributed by atoms with Crippen LogP contribution >= 0.6 is 0 Å². The van der Waals surface area contributed by atoms with E-state index < -0.39 is 29.2 Å². The molecular weight excluding hydrogens is 413 g/mol. The molecule has 0 unspecified atom stereocenters. The predicted molar refractivity (Wildman–Crippen MR) is 117 cm³/mol. The van der Waals surface area contributed by atoms with Crippen molar-refractivity contribution in [2.75, 3.05) is 31.1 Å². The second-order valence-corrected chi connectivity index (χ2v) is 8.54. The second kappa shape index (κ2) is 7.89. The van der Waals surface area contributed by atoms with Crippen LogP contribution in [0.15, 0.2) is 24.3 Å². The summed E-state index contributed by atoms with van der Waals surface area (Å²) in [5, 5.41) is 4.64. The Labute approximate surface area is 185 Å². The van der Waals surface area contributed by atoms with Gasteiger partial charge in [0.1, 0.15) is 17.2 Å². The Kier molecular flexibility index (Phi) is 5.36. The Morgan fingerprint density at radius 2 is 1.75 bits per heavy atom. The van der Waals surface area contributed by atoms with E-state index in [1.54, 1.807) is 4.90 Å². The zero-order valence-corrected chi connectivity index (χ0v) is 18.6. The van der Waals surface area contributed by atoms with E-state index in [1.165, 1.54) is 19.1 Å². The molecule has 4 amide bonds. The highest BCUT2D eigenvalue weighted by Gasteiger charge is 2.43. The van der Waals surface area contributed by atoms with Crippen LogP contribution in [-0.2, 0) is 10.3 Å². The third-order valence-electron chi connectivity index (χ3n) is 6.32. The number of hydrogen-bond donors (Lipinski definition) is 2. The Morgan fingerprint density at radius 1 is 1.06 bits per heavy atom. The van der Waals surface area contributed by atoms with Crippen molar-refractivity contribution in [3.63, 3.8) is 0 Å². The van der Waals surface area contributed by atoms with Crippen LogP contribution in [0.2, 0.25) is 0 Å². The molecule has 0 bridgehead atoms. The average molecular weight is 439 g/mol. The van der Waals surface area contributed by atoms with Gasteiger partial charge in [0, 0.05) is 31.9 Å². The number of benzene rings is 1. The largest absolute Gasteiger partial charge is 0.353 e. The topological polar surface area (TPSA) is 94.6 Å². The summed E-state index contributed by atoms with van der Waals surface area (Å²) in [5.74, 6) is -0.770. The summed E-state index contributed by atoms with van der Waals surface area (Å²) in [5.41, 5.74) is 2.05. The fourth-order valence-electron chi connectivity index (χ4n) is 4.19. The van der Waals surface area contributed by atoms with E-state index in [1.807, 2.05) is 20.8 Å². The van der Waals surface area contributed by atoms with Gasteiger partial charge >= 0.3 is 6.03 Å². The molecule has 9 heteroatoms. The van der Waals surface area contributed by atoms with Crippen molar-refractivity contribution >= 4 is 23.7 Å². The molecule has 2 fully saturated rings. The molecule has 1 aromatic heterocycles. The molecule has 2 aliphatic heterocycles. The van der Waals surface area contributed by atoms with Crippen molar-refractivity contribution < 1.29 is 18.8 Å². The third kappa shape index (κ3) is 3.68. The Bertz CT molecular complexity index is 1130. The Balaban J connectivity index is 1.47. The number of amides is 4. The molecule has 2 aliphatic rings. The number of imide groups is 1. The van der Waals surface area contributed by atoms with Gasteiger partial charge in [0.25, 0.3) is 11.8 Å². The fraction of sp³-hybridized carbons (Fsp3) is 0.391. The minimum absolute atomic E-state index is 0.0592. The smallest absolute Gasteiger partial charge is 0.322 e. The van der Waals surface area contributed by atoms with Gasteiger partial charge in [-0.15, -0.1) is 0 Å². The standard InChI is InChI=1S/C23H26FN5O3/c1-13-11-14(2)19(25-15(13)3)28-7-9-29(10-8-28)20(30)17-6-5-16(12-18(17)24)23(4)21(31)26-22(32)27-23/h5-6,11-12H,7-10H2,1-4H3,(H2,26,27,31,32)/t23-/m0/s1. The van der Waals surface area contributed by atoms with Crippen LogP contribution in [0.3, 0.4) is 0 Å². The summed E-state index contributed by atoms with van der Waals surface area (Å²) in [6.07, 6.45) is 0.